The molecule has 0 aromatic heterocycles. The number of amides is 1. The first-order chi connectivity index (χ1) is 6.84. The number of carboxylic acids is 2. The maximum Gasteiger partial charge on any atom is 0.325 e. The van der Waals surface area contributed by atoms with E-state index in [0.717, 1.165) is 0 Å². The monoisotopic (exact) mass is 218 g/mol. The molecule has 0 fully saturated rings. The maximum absolute atomic E-state index is 11.1. The first-order valence-electron chi connectivity index (χ1n) is 4.35. The van der Waals surface area contributed by atoms with E-state index in [1.807, 2.05) is 0 Å². The summed E-state index contributed by atoms with van der Waals surface area (Å²) in [4.78, 5) is 31.7. The van der Waals surface area contributed by atoms with Crippen LogP contribution >= 0.6 is 0 Å². The second-order valence-corrected chi connectivity index (χ2v) is 3.11. The molecule has 0 unspecified atom stereocenters. The van der Waals surface area contributed by atoms with Crippen molar-refractivity contribution in [1.82, 2.24) is 5.32 Å². The fourth-order valence-corrected chi connectivity index (χ4v) is 0.785. The van der Waals surface area contributed by atoms with Gasteiger partial charge in [0.25, 0.3) is 0 Å². The number of carbonyl (C=O) groups is 3. The topological polar surface area (TPSA) is 130 Å². The zero-order valence-electron chi connectivity index (χ0n) is 8.27. The maximum atomic E-state index is 11.1. The first-order valence-corrected chi connectivity index (χ1v) is 4.35. The van der Waals surface area contributed by atoms with Gasteiger partial charge in [-0.05, 0) is 13.3 Å². The van der Waals surface area contributed by atoms with Gasteiger partial charge < -0.3 is 21.3 Å². The molecule has 0 aliphatic heterocycles. The Balaban J connectivity index is 3.85. The van der Waals surface area contributed by atoms with Crippen LogP contribution in [0.25, 0.3) is 0 Å². The van der Waals surface area contributed by atoms with Crippen LogP contribution in [0.1, 0.15) is 19.8 Å². The van der Waals surface area contributed by atoms with Gasteiger partial charge in [-0.2, -0.15) is 0 Å². The Kier molecular flexibility index (Phi) is 5.32. The number of carbonyl (C=O) groups excluding carboxylic acids is 1. The highest BCUT2D eigenvalue weighted by Crippen LogP contribution is 1.95. The van der Waals surface area contributed by atoms with Gasteiger partial charge in [0.15, 0.2) is 0 Å². The van der Waals surface area contributed by atoms with E-state index in [4.69, 9.17) is 15.9 Å². The van der Waals surface area contributed by atoms with E-state index in [-0.39, 0.29) is 12.8 Å². The van der Waals surface area contributed by atoms with E-state index in [9.17, 15) is 14.4 Å². The summed E-state index contributed by atoms with van der Waals surface area (Å²) in [5, 5.41) is 19.1. The Morgan fingerprint density at radius 1 is 1.27 bits per heavy atom. The average Bonchev–Trinajstić information content (AvgIpc) is 2.13. The van der Waals surface area contributed by atoms with Gasteiger partial charge >= 0.3 is 11.9 Å². The summed E-state index contributed by atoms with van der Waals surface area (Å²) >= 11 is 0. The van der Waals surface area contributed by atoms with Crippen LogP contribution in [0.15, 0.2) is 0 Å². The van der Waals surface area contributed by atoms with Crippen molar-refractivity contribution >= 4 is 17.8 Å². The summed E-state index contributed by atoms with van der Waals surface area (Å²) in [5.41, 5.74) is 5.16. The van der Waals surface area contributed by atoms with E-state index < -0.39 is 29.9 Å². The molecule has 0 rings (SSSR count). The highest BCUT2D eigenvalue weighted by atomic mass is 16.4. The summed E-state index contributed by atoms with van der Waals surface area (Å²) in [6, 6.07) is -2.09. The van der Waals surface area contributed by atoms with E-state index in [1.54, 1.807) is 0 Å². The average molecular weight is 218 g/mol. The molecule has 7 nitrogen and oxygen atoms in total. The molecular formula is C8H14N2O5. The number of hydrogen-bond donors (Lipinski definition) is 4. The van der Waals surface area contributed by atoms with Gasteiger partial charge in [0.05, 0.1) is 0 Å². The van der Waals surface area contributed by atoms with Gasteiger partial charge in [-0.1, -0.05) is 0 Å². The smallest absolute Gasteiger partial charge is 0.325 e. The van der Waals surface area contributed by atoms with Crippen molar-refractivity contribution in [1.29, 1.82) is 0 Å². The van der Waals surface area contributed by atoms with Crippen molar-refractivity contribution < 1.29 is 24.6 Å². The fourth-order valence-electron chi connectivity index (χ4n) is 0.785. The van der Waals surface area contributed by atoms with E-state index in [0.29, 0.717) is 0 Å². The molecule has 1 amide bonds. The van der Waals surface area contributed by atoms with Crippen LogP contribution in [0, 0.1) is 0 Å². The lowest BCUT2D eigenvalue weighted by Crippen LogP contribution is -2.39. The Hall–Kier alpha value is -1.63. The van der Waals surface area contributed by atoms with Crippen LogP contribution in [0.5, 0.6) is 0 Å². The summed E-state index contributed by atoms with van der Waals surface area (Å²) < 4.78 is 0. The minimum atomic E-state index is -1.19. The molecule has 0 saturated heterocycles. The Labute approximate surface area is 86.3 Å². The lowest BCUT2D eigenvalue weighted by molar-refractivity contribution is -0.142. The molecule has 0 heterocycles. The van der Waals surface area contributed by atoms with Crippen LogP contribution in [0.2, 0.25) is 0 Å². The Morgan fingerprint density at radius 2 is 1.80 bits per heavy atom. The molecule has 0 radical (unpaired) electrons. The van der Waals surface area contributed by atoms with Gasteiger partial charge in [-0.15, -0.1) is 0 Å². The van der Waals surface area contributed by atoms with Crippen molar-refractivity contribution in [2.24, 2.45) is 5.73 Å². The molecule has 2 atom stereocenters. The number of rotatable bonds is 6. The molecular weight excluding hydrogens is 204 g/mol. The predicted octanol–water partition coefficient (Wildman–Crippen LogP) is -1.23. The lowest BCUT2D eigenvalue weighted by Gasteiger charge is -2.10. The Bertz CT molecular complexity index is 266. The molecule has 86 valence electrons. The van der Waals surface area contributed by atoms with Gasteiger partial charge in [-0.25, -0.2) is 0 Å². The fraction of sp³-hybridized carbons (Fsp3) is 0.625. The van der Waals surface area contributed by atoms with Gasteiger partial charge in [0.2, 0.25) is 5.91 Å². The minimum absolute atomic E-state index is 0.0203. The van der Waals surface area contributed by atoms with Gasteiger partial charge in [-0.3, -0.25) is 14.4 Å². The largest absolute Gasteiger partial charge is 0.480 e. The van der Waals surface area contributed by atoms with Crippen molar-refractivity contribution in [3.63, 3.8) is 0 Å². The van der Waals surface area contributed by atoms with E-state index in [2.05, 4.69) is 5.32 Å². The number of nitrogens with one attached hydrogen (secondary N) is 1. The van der Waals surface area contributed by atoms with Crippen molar-refractivity contribution in [2.75, 3.05) is 0 Å². The molecule has 15 heavy (non-hydrogen) atoms. The second kappa shape index (κ2) is 5.97. The minimum Gasteiger partial charge on any atom is -0.480 e. The lowest BCUT2D eigenvalue weighted by atomic mass is 10.1. The van der Waals surface area contributed by atoms with Crippen LogP contribution in [-0.4, -0.2) is 40.1 Å². The Morgan fingerprint density at radius 3 is 2.20 bits per heavy atom. The zero-order chi connectivity index (χ0) is 12.0. The van der Waals surface area contributed by atoms with Crippen LogP contribution < -0.4 is 11.1 Å². The van der Waals surface area contributed by atoms with Crippen LogP contribution in [0.4, 0.5) is 0 Å². The van der Waals surface area contributed by atoms with Crippen LogP contribution in [0.3, 0.4) is 0 Å². The van der Waals surface area contributed by atoms with E-state index in [1.165, 1.54) is 6.92 Å². The third-order valence-corrected chi connectivity index (χ3v) is 1.75. The third-order valence-electron chi connectivity index (χ3n) is 1.75. The van der Waals surface area contributed by atoms with Crippen LogP contribution in [-0.2, 0) is 14.4 Å². The number of hydrogen-bond acceptors (Lipinski definition) is 4. The highest BCUT2D eigenvalue weighted by molar-refractivity contribution is 5.83. The highest BCUT2D eigenvalue weighted by Gasteiger charge is 2.16. The molecule has 0 spiro atoms. The summed E-state index contributed by atoms with van der Waals surface area (Å²) in [6.07, 6.45) is -0.126. The summed E-state index contributed by atoms with van der Waals surface area (Å²) in [5.74, 6) is -2.86. The van der Waals surface area contributed by atoms with E-state index >= 15 is 0 Å². The van der Waals surface area contributed by atoms with Crippen molar-refractivity contribution in [3.05, 3.63) is 0 Å². The summed E-state index contributed by atoms with van der Waals surface area (Å²) in [7, 11) is 0. The molecule has 5 N–H and O–H groups in total. The molecule has 7 heteroatoms. The molecule has 0 aliphatic rings. The predicted molar refractivity (Wildman–Crippen MR) is 50.1 cm³/mol. The first kappa shape index (κ1) is 13.4. The zero-order valence-corrected chi connectivity index (χ0v) is 8.27. The molecule has 0 aromatic rings. The number of carboxylic acid groups (broad SMARTS) is 2. The third kappa shape index (κ3) is 5.63. The molecule has 0 saturated carbocycles. The standard InChI is InChI=1S/C8H14N2O5/c1-4(7(12)13)10-6(11)3-2-5(9)8(14)15/h4-5H,2-3,9H2,1H3,(H,10,11)(H,12,13)(H,14,15)/t4-,5-/m0/s1. The van der Waals surface area contributed by atoms with Crippen molar-refractivity contribution in [2.45, 2.75) is 31.8 Å². The summed E-state index contributed by atoms with van der Waals surface area (Å²) in [6.45, 7) is 1.32. The number of nitrogens with two attached hydrogens (primary N) is 1. The van der Waals surface area contributed by atoms with Gasteiger partial charge in [0.1, 0.15) is 12.1 Å². The molecule has 0 aromatic carbocycles. The normalized spacial score (nSPS) is 14.0. The van der Waals surface area contributed by atoms with Crippen molar-refractivity contribution in [3.8, 4) is 0 Å². The SMILES string of the molecule is C[C@H](NC(=O)CC[C@H](N)C(=O)O)C(=O)O. The van der Waals surface area contributed by atoms with Gasteiger partial charge in [0, 0.05) is 6.42 Å². The second-order valence-electron chi connectivity index (χ2n) is 3.11. The molecule has 0 aliphatic carbocycles. The molecule has 0 bridgehead atoms. The number of aliphatic carboxylic acids is 2. The quantitative estimate of drug-likeness (QED) is 0.441.